The first-order valence-electron chi connectivity index (χ1n) is 10.1. The van der Waals surface area contributed by atoms with Crippen molar-refractivity contribution in [2.75, 3.05) is 31.5 Å². The van der Waals surface area contributed by atoms with Gasteiger partial charge >= 0.3 is 6.09 Å². The number of amides is 2. The number of likely N-dealkylation sites (tertiary alicyclic amines) is 1. The number of nitrogens with one attached hydrogen (secondary N) is 2. The van der Waals surface area contributed by atoms with Gasteiger partial charge < -0.3 is 15.4 Å². The molecule has 3 heterocycles. The van der Waals surface area contributed by atoms with Gasteiger partial charge in [0, 0.05) is 23.8 Å². The van der Waals surface area contributed by atoms with Gasteiger partial charge in [-0.25, -0.2) is 9.48 Å². The van der Waals surface area contributed by atoms with Gasteiger partial charge in [0.25, 0.3) is 0 Å². The number of anilines is 1. The molecule has 4 rings (SSSR count). The zero-order chi connectivity index (χ0) is 20.4. The fourth-order valence-electron chi connectivity index (χ4n) is 4.02. The molecule has 0 bridgehead atoms. The lowest BCUT2D eigenvalue weighted by molar-refractivity contribution is -0.121. The zero-order valence-corrected chi connectivity index (χ0v) is 16.9. The molecule has 1 aromatic heterocycles. The summed E-state index contributed by atoms with van der Waals surface area (Å²) in [4.78, 5) is 26.0. The number of aryl methyl sites for hydroxylation is 2. The highest BCUT2D eigenvalue weighted by molar-refractivity contribution is 5.92. The molecule has 2 N–H and O–H groups in total. The zero-order valence-electron chi connectivity index (χ0n) is 16.9. The maximum atomic E-state index is 12.6. The van der Waals surface area contributed by atoms with Crippen LogP contribution in [0.25, 0.3) is 5.69 Å². The molecule has 2 aliphatic heterocycles. The molecule has 29 heavy (non-hydrogen) atoms. The van der Waals surface area contributed by atoms with E-state index in [-0.39, 0.29) is 24.0 Å². The van der Waals surface area contributed by atoms with Crippen molar-refractivity contribution in [1.82, 2.24) is 20.0 Å². The van der Waals surface area contributed by atoms with E-state index in [9.17, 15) is 9.59 Å². The predicted molar refractivity (Wildman–Crippen MR) is 109 cm³/mol. The van der Waals surface area contributed by atoms with Crippen LogP contribution in [0.4, 0.5) is 10.5 Å². The number of cyclic esters (lactones) is 1. The van der Waals surface area contributed by atoms with Crippen molar-refractivity contribution in [3.63, 3.8) is 0 Å². The van der Waals surface area contributed by atoms with Crippen molar-refractivity contribution in [1.29, 1.82) is 0 Å². The Bertz CT molecular complexity index is 884. The van der Waals surface area contributed by atoms with Gasteiger partial charge in [-0.15, -0.1) is 0 Å². The molecule has 0 saturated carbocycles. The summed E-state index contributed by atoms with van der Waals surface area (Å²) in [6.07, 6.45) is 1.19. The summed E-state index contributed by atoms with van der Waals surface area (Å²) in [6, 6.07) is 9.80. The molecule has 2 fully saturated rings. The molecule has 0 unspecified atom stereocenters. The molecule has 0 radical (unpaired) electrons. The Morgan fingerprint density at radius 2 is 1.97 bits per heavy atom. The molecule has 0 aliphatic carbocycles. The third-order valence-corrected chi connectivity index (χ3v) is 5.56. The van der Waals surface area contributed by atoms with E-state index >= 15 is 0 Å². The highest BCUT2D eigenvalue weighted by Crippen LogP contribution is 2.21. The van der Waals surface area contributed by atoms with Gasteiger partial charge in [-0.05, 0) is 70.1 Å². The summed E-state index contributed by atoms with van der Waals surface area (Å²) in [5.74, 6) is 0.0728. The number of piperidine rings is 1. The van der Waals surface area contributed by atoms with Gasteiger partial charge in [0.2, 0.25) is 5.91 Å². The number of hydrogen-bond acceptors (Lipinski definition) is 5. The Morgan fingerprint density at radius 3 is 2.55 bits per heavy atom. The van der Waals surface area contributed by atoms with Crippen molar-refractivity contribution in [3.05, 3.63) is 41.7 Å². The number of nitrogens with zero attached hydrogens (tertiary/aromatic N) is 3. The summed E-state index contributed by atoms with van der Waals surface area (Å²) in [5, 5.41) is 10.2. The highest BCUT2D eigenvalue weighted by Gasteiger charge is 2.29. The molecule has 2 aliphatic rings. The number of ether oxygens (including phenoxy) is 1. The lowest BCUT2D eigenvalue weighted by Crippen LogP contribution is -2.42. The quantitative estimate of drug-likeness (QED) is 0.808. The summed E-state index contributed by atoms with van der Waals surface area (Å²) < 4.78 is 7.09. The molecule has 2 amide bonds. The van der Waals surface area contributed by atoms with E-state index in [4.69, 9.17) is 4.74 Å². The summed E-state index contributed by atoms with van der Waals surface area (Å²) in [7, 11) is 0. The Kier molecular flexibility index (Phi) is 5.53. The molecule has 154 valence electrons. The number of carbonyl (C=O) groups excluding carboxylic acids is 2. The van der Waals surface area contributed by atoms with Gasteiger partial charge in [0.05, 0.1) is 17.9 Å². The molecule has 2 aromatic rings. The molecule has 1 aromatic carbocycles. The third kappa shape index (κ3) is 4.59. The molecular weight excluding hydrogens is 370 g/mol. The Morgan fingerprint density at radius 1 is 1.24 bits per heavy atom. The van der Waals surface area contributed by atoms with E-state index < -0.39 is 0 Å². The Balaban J connectivity index is 1.27. The smallest absolute Gasteiger partial charge is 0.407 e. The van der Waals surface area contributed by atoms with Crippen molar-refractivity contribution < 1.29 is 14.3 Å². The third-order valence-electron chi connectivity index (χ3n) is 5.56. The van der Waals surface area contributed by atoms with Gasteiger partial charge in [0.1, 0.15) is 6.10 Å². The number of hydrogen-bond donors (Lipinski definition) is 2. The van der Waals surface area contributed by atoms with Crippen LogP contribution in [0.3, 0.4) is 0 Å². The fourth-order valence-corrected chi connectivity index (χ4v) is 4.02. The molecule has 1 atom stereocenters. The summed E-state index contributed by atoms with van der Waals surface area (Å²) in [6.45, 7) is 6.95. The fraction of sp³-hybridized carbons (Fsp3) is 0.476. The first kappa shape index (κ1) is 19.4. The van der Waals surface area contributed by atoms with Crippen LogP contribution in [0.2, 0.25) is 0 Å². The Labute approximate surface area is 170 Å². The van der Waals surface area contributed by atoms with E-state index in [0.717, 1.165) is 55.2 Å². The number of carbonyl (C=O) groups is 2. The first-order chi connectivity index (χ1) is 14.0. The molecule has 8 heteroatoms. The van der Waals surface area contributed by atoms with E-state index in [0.29, 0.717) is 6.54 Å². The van der Waals surface area contributed by atoms with Crippen LogP contribution in [0, 0.1) is 19.8 Å². The van der Waals surface area contributed by atoms with Crippen molar-refractivity contribution >= 4 is 17.7 Å². The van der Waals surface area contributed by atoms with Gasteiger partial charge in [-0.3, -0.25) is 9.69 Å². The monoisotopic (exact) mass is 397 g/mol. The average molecular weight is 397 g/mol. The van der Waals surface area contributed by atoms with E-state index in [1.54, 1.807) is 0 Å². The van der Waals surface area contributed by atoms with Crippen LogP contribution in [-0.4, -0.2) is 59.0 Å². The minimum absolute atomic E-state index is 0.00573. The van der Waals surface area contributed by atoms with Crippen molar-refractivity contribution in [2.24, 2.45) is 5.92 Å². The van der Waals surface area contributed by atoms with Crippen LogP contribution in [0.1, 0.15) is 24.2 Å². The molecule has 0 spiro atoms. The SMILES string of the molecule is Cc1cc(C)n(-c2ccc(NC(=O)C3CCN(C[C@H]4CNC(=O)O4)CC3)cc2)n1. The van der Waals surface area contributed by atoms with Crippen molar-refractivity contribution in [2.45, 2.75) is 32.8 Å². The lowest BCUT2D eigenvalue weighted by Gasteiger charge is -2.32. The van der Waals surface area contributed by atoms with E-state index in [1.807, 2.05) is 48.9 Å². The van der Waals surface area contributed by atoms with Crippen LogP contribution in [0.5, 0.6) is 0 Å². The predicted octanol–water partition coefficient (Wildman–Crippen LogP) is 2.25. The summed E-state index contributed by atoms with van der Waals surface area (Å²) in [5.41, 5.74) is 3.83. The maximum absolute atomic E-state index is 12.6. The number of benzene rings is 1. The van der Waals surface area contributed by atoms with Gasteiger partial charge in [0.15, 0.2) is 0 Å². The molecule has 2 saturated heterocycles. The number of aromatic nitrogens is 2. The van der Waals surface area contributed by atoms with Gasteiger partial charge in [-0.1, -0.05) is 0 Å². The van der Waals surface area contributed by atoms with Crippen LogP contribution in [0.15, 0.2) is 30.3 Å². The van der Waals surface area contributed by atoms with Crippen LogP contribution in [-0.2, 0) is 9.53 Å². The maximum Gasteiger partial charge on any atom is 0.407 e. The average Bonchev–Trinajstić information content (AvgIpc) is 3.27. The summed E-state index contributed by atoms with van der Waals surface area (Å²) >= 11 is 0. The highest BCUT2D eigenvalue weighted by atomic mass is 16.6. The Hall–Kier alpha value is -2.87. The van der Waals surface area contributed by atoms with Crippen molar-refractivity contribution in [3.8, 4) is 5.69 Å². The minimum Gasteiger partial charge on any atom is -0.443 e. The van der Waals surface area contributed by atoms with Gasteiger partial charge in [-0.2, -0.15) is 5.10 Å². The largest absolute Gasteiger partial charge is 0.443 e. The van der Waals surface area contributed by atoms with E-state index in [2.05, 4.69) is 20.6 Å². The topological polar surface area (TPSA) is 88.5 Å². The normalized spacial score (nSPS) is 20.3. The lowest BCUT2D eigenvalue weighted by atomic mass is 9.95. The second kappa shape index (κ2) is 8.24. The number of alkyl carbamates (subject to hydrolysis) is 1. The standard InChI is InChI=1S/C21H27N5O3/c1-14-11-15(2)26(24-14)18-5-3-17(4-6-18)23-20(27)16-7-9-25(10-8-16)13-19-12-22-21(28)29-19/h3-6,11,16,19H,7-10,12-13H2,1-2H3,(H,22,28)(H,23,27)/t19-/m1/s1. The number of rotatable bonds is 5. The first-order valence-corrected chi connectivity index (χ1v) is 10.1. The minimum atomic E-state index is -0.340. The van der Waals surface area contributed by atoms with Crippen LogP contribution >= 0.6 is 0 Å². The van der Waals surface area contributed by atoms with E-state index in [1.165, 1.54) is 0 Å². The molecule has 8 nitrogen and oxygen atoms in total. The van der Waals surface area contributed by atoms with Crippen LogP contribution < -0.4 is 10.6 Å². The molecular formula is C21H27N5O3. The second-order valence-electron chi connectivity index (χ2n) is 7.86. The second-order valence-corrected chi connectivity index (χ2v) is 7.86.